The zero-order valence-electron chi connectivity index (χ0n) is 18.5. The molecule has 1 saturated heterocycles. The van der Waals surface area contributed by atoms with Crippen LogP contribution >= 0.6 is 15.9 Å². The average molecular weight is 526 g/mol. The highest BCUT2D eigenvalue weighted by Crippen LogP contribution is 2.43. The fourth-order valence-electron chi connectivity index (χ4n) is 3.69. The predicted octanol–water partition coefficient (Wildman–Crippen LogP) is 5.27. The molecule has 3 aromatic rings. The van der Waals surface area contributed by atoms with Crippen molar-refractivity contribution in [2.75, 3.05) is 4.90 Å². The number of aliphatic hydroxyl groups excluding tert-OH is 1. The minimum Gasteiger partial charge on any atom is -0.507 e. The summed E-state index contributed by atoms with van der Waals surface area (Å²) in [6, 6.07) is 12.5. The number of amides is 1. The molecule has 0 spiro atoms. The average Bonchev–Trinajstić information content (AvgIpc) is 3.37. The Labute approximate surface area is 202 Å². The van der Waals surface area contributed by atoms with E-state index in [2.05, 4.69) is 21.1 Å². The van der Waals surface area contributed by atoms with E-state index in [0.29, 0.717) is 11.3 Å². The van der Waals surface area contributed by atoms with Crippen LogP contribution in [0, 0.1) is 10.1 Å². The van der Waals surface area contributed by atoms with Gasteiger partial charge >= 0.3 is 5.91 Å². The summed E-state index contributed by atoms with van der Waals surface area (Å²) in [7, 11) is 0. The zero-order chi connectivity index (χ0) is 24.8. The topological polar surface area (TPSA) is 127 Å². The first-order valence-corrected chi connectivity index (χ1v) is 11.1. The Balaban J connectivity index is 1.95. The molecule has 10 heteroatoms. The lowest BCUT2D eigenvalue weighted by molar-refractivity contribution is -0.384. The summed E-state index contributed by atoms with van der Waals surface area (Å²) < 4.78 is 6.18. The number of nitro groups is 1. The fourth-order valence-corrected chi connectivity index (χ4v) is 3.95. The van der Waals surface area contributed by atoms with Gasteiger partial charge in [0.05, 0.1) is 16.5 Å². The normalized spacial score (nSPS) is 17.9. The van der Waals surface area contributed by atoms with Crippen LogP contribution in [0.2, 0.25) is 0 Å². The molecule has 1 aliphatic heterocycles. The number of hydrogen-bond donors (Lipinski definition) is 1. The van der Waals surface area contributed by atoms with Crippen LogP contribution in [0.4, 0.5) is 11.5 Å². The van der Waals surface area contributed by atoms with E-state index >= 15 is 0 Å². The summed E-state index contributed by atoms with van der Waals surface area (Å²) >= 11 is 3.32. The van der Waals surface area contributed by atoms with Gasteiger partial charge in [-0.3, -0.25) is 24.6 Å². The van der Waals surface area contributed by atoms with Gasteiger partial charge in [0.25, 0.3) is 11.5 Å². The van der Waals surface area contributed by atoms with Crippen LogP contribution in [0.5, 0.6) is 0 Å². The van der Waals surface area contributed by atoms with E-state index in [1.165, 1.54) is 18.2 Å². The molecule has 9 nitrogen and oxygen atoms in total. The number of nitro benzene ring substituents is 1. The molecule has 34 heavy (non-hydrogen) atoms. The monoisotopic (exact) mass is 525 g/mol. The number of halogens is 1. The number of rotatable bonds is 4. The SMILES string of the molecule is CC(C)(C)c1cc(N2C(=O)C(=O)/C(=C(/O)c3ccc(Br)cc3)[C@@H]2c2cccc([N+](=O)[O-])c2)no1. The number of ketones is 1. The van der Waals surface area contributed by atoms with Crippen molar-refractivity contribution >= 4 is 44.9 Å². The van der Waals surface area contributed by atoms with E-state index in [-0.39, 0.29) is 22.6 Å². The lowest BCUT2D eigenvalue weighted by Gasteiger charge is -2.22. The molecule has 0 unspecified atom stereocenters. The molecular weight excluding hydrogens is 506 g/mol. The minimum absolute atomic E-state index is 0.0680. The van der Waals surface area contributed by atoms with Crippen LogP contribution in [0.3, 0.4) is 0 Å². The number of benzene rings is 2. The number of nitrogens with zero attached hydrogens (tertiary/aromatic N) is 3. The van der Waals surface area contributed by atoms with E-state index in [4.69, 9.17) is 4.52 Å². The molecule has 2 aromatic carbocycles. The predicted molar refractivity (Wildman–Crippen MR) is 127 cm³/mol. The molecule has 4 rings (SSSR count). The summed E-state index contributed by atoms with van der Waals surface area (Å²) in [5.41, 5.74) is -0.257. The highest BCUT2D eigenvalue weighted by molar-refractivity contribution is 9.10. The highest BCUT2D eigenvalue weighted by atomic mass is 79.9. The molecule has 174 valence electrons. The summed E-state index contributed by atoms with van der Waals surface area (Å²) in [5, 5.41) is 26.5. The van der Waals surface area contributed by atoms with Crippen molar-refractivity contribution in [1.82, 2.24) is 5.16 Å². The number of carbonyl (C=O) groups is 2. The van der Waals surface area contributed by atoms with Gasteiger partial charge in [-0.15, -0.1) is 0 Å². The third-order valence-electron chi connectivity index (χ3n) is 5.44. The largest absolute Gasteiger partial charge is 0.507 e. The molecule has 1 N–H and O–H groups in total. The molecule has 2 heterocycles. The Morgan fingerprint density at radius 3 is 2.41 bits per heavy atom. The molecule has 1 atom stereocenters. The van der Waals surface area contributed by atoms with Gasteiger partial charge in [-0.05, 0) is 17.7 Å². The Morgan fingerprint density at radius 1 is 1.15 bits per heavy atom. The number of carbonyl (C=O) groups excluding carboxylic acids is 2. The molecule has 1 aliphatic rings. The Hall–Kier alpha value is -3.79. The molecule has 1 amide bonds. The van der Waals surface area contributed by atoms with E-state index in [9.17, 15) is 24.8 Å². The molecule has 1 fully saturated rings. The van der Waals surface area contributed by atoms with Crippen LogP contribution < -0.4 is 4.90 Å². The Bertz CT molecular complexity index is 1340. The van der Waals surface area contributed by atoms with Crippen molar-refractivity contribution in [2.45, 2.75) is 32.2 Å². The second-order valence-corrected chi connectivity index (χ2v) is 9.74. The third-order valence-corrected chi connectivity index (χ3v) is 5.97. The minimum atomic E-state index is -1.15. The van der Waals surface area contributed by atoms with Gasteiger partial charge in [-0.2, -0.15) is 0 Å². The second kappa shape index (κ2) is 8.53. The first kappa shape index (κ1) is 23.4. The van der Waals surface area contributed by atoms with Crippen molar-refractivity contribution in [3.63, 3.8) is 0 Å². The van der Waals surface area contributed by atoms with Gasteiger partial charge in [-0.25, -0.2) is 0 Å². The molecule has 1 aromatic heterocycles. The highest BCUT2D eigenvalue weighted by Gasteiger charge is 2.48. The summed E-state index contributed by atoms with van der Waals surface area (Å²) in [6.07, 6.45) is 0. The number of anilines is 1. The smallest absolute Gasteiger partial charge is 0.301 e. The molecular formula is C24H20BrN3O6. The van der Waals surface area contributed by atoms with Gasteiger partial charge in [0.1, 0.15) is 11.5 Å². The fraction of sp³-hybridized carbons (Fsp3) is 0.208. The maximum absolute atomic E-state index is 13.2. The number of aliphatic hydroxyl groups is 1. The molecule has 0 aliphatic carbocycles. The van der Waals surface area contributed by atoms with Crippen LogP contribution in [-0.4, -0.2) is 26.9 Å². The number of non-ortho nitro benzene ring substituents is 1. The van der Waals surface area contributed by atoms with Crippen molar-refractivity contribution in [3.05, 3.63) is 91.6 Å². The zero-order valence-corrected chi connectivity index (χ0v) is 20.1. The van der Waals surface area contributed by atoms with Gasteiger partial charge in [0, 0.05) is 33.7 Å². The number of Topliss-reactive ketones (excluding diaryl/α,β-unsaturated/α-hetero) is 1. The molecule has 0 saturated carbocycles. The first-order chi connectivity index (χ1) is 16.0. The van der Waals surface area contributed by atoms with Gasteiger partial charge in [-0.1, -0.05) is 66.1 Å². The van der Waals surface area contributed by atoms with E-state index in [1.54, 1.807) is 36.4 Å². The summed E-state index contributed by atoms with van der Waals surface area (Å²) in [6.45, 7) is 5.70. The second-order valence-electron chi connectivity index (χ2n) is 8.83. The number of hydrogen-bond acceptors (Lipinski definition) is 7. The number of aromatic nitrogens is 1. The maximum atomic E-state index is 13.2. The van der Waals surface area contributed by atoms with E-state index in [1.807, 2.05) is 20.8 Å². The van der Waals surface area contributed by atoms with Crippen molar-refractivity contribution < 1.29 is 24.1 Å². The summed E-state index contributed by atoms with van der Waals surface area (Å²) in [4.78, 5) is 38.3. The lowest BCUT2D eigenvalue weighted by Crippen LogP contribution is -2.29. The van der Waals surface area contributed by atoms with Crippen molar-refractivity contribution in [1.29, 1.82) is 0 Å². The van der Waals surface area contributed by atoms with Gasteiger partial charge in [0.15, 0.2) is 5.82 Å². The quantitative estimate of drug-likeness (QED) is 0.161. The third kappa shape index (κ3) is 4.12. The first-order valence-electron chi connectivity index (χ1n) is 10.3. The maximum Gasteiger partial charge on any atom is 0.301 e. The molecule has 0 radical (unpaired) electrons. The lowest BCUT2D eigenvalue weighted by atomic mass is 9.93. The summed E-state index contributed by atoms with van der Waals surface area (Å²) in [5.74, 6) is -1.71. The van der Waals surface area contributed by atoms with Crippen LogP contribution in [0.25, 0.3) is 5.76 Å². The van der Waals surface area contributed by atoms with Crippen molar-refractivity contribution in [3.8, 4) is 0 Å². The van der Waals surface area contributed by atoms with Gasteiger partial charge < -0.3 is 9.63 Å². The molecule has 0 bridgehead atoms. The standard InChI is InChI=1S/C24H20BrN3O6/c1-24(2,3)17-12-18(26-34-17)27-20(14-5-4-6-16(11-14)28(32)33)19(22(30)23(27)31)21(29)13-7-9-15(25)10-8-13/h4-12,20,29H,1-3H3/b21-19+/t20-/m0/s1. The Morgan fingerprint density at radius 2 is 1.82 bits per heavy atom. The van der Waals surface area contributed by atoms with Crippen LogP contribution in [0.15, 0.2) is 69.2 Å². The van der Waals surface area contributed by atoms with Gasteiger partial charge in [0.2, 0.25) is 0 Å². The van der Waals surface area contributed by atoms with Crippen molar-refractivity contribution in [2.24, 2.45) is 0 Å². The van der Waals surface area contributed by atoms with Crippen LogP contribution in [0.1, 0.15) is 43.7 Å². The van der Waals surface area contributed by atoms with E-state index in [0.717, 1.165) is 9.37 Å². The Kier molecular flexibility index (Phi) is 5.86. The van der Waals surface area contributed by atoms with E-state index < -0.39 is 33.8 Å². The van der Waals surface area contributed by atoms with Crippen LogP contribution in [-0.2, 0) is 15.0 Å².